The van der Waals surface area contributed by atoms with Gasteiger partial charge in [-0.05, 0) is 42.5 Å². The van der Waals surface area contributed by atoms with Crippen LogP contribution in [0.25, 0.3) is 0 Å². The Morgan fingerprint density at radius 1 is 1.33 bits per heavy atom. The summed E-state index contributed by atoms with van der Waals surface area (Å²) in [6.45, 7) is 1.66. The number of aliphatic carboxylic acids is 1. The summed E-state index contributed by atoms with van der Waals surface area (Å²) < 4.78 is 43.5. The number of nitrogens with one attached hydrogen (secondary N) is 1. The monoisotopic (exact) mass is 470 g/mol. The lowest BCUT2D eigenvalue weighted by Crippen LogP contribution is -2.19. The number of thiophene rings is 1. The maximum absolute atomic E-state index is 12.9. The second-order valence-electron chi connectivity index (χ2n) is 6.45. The van der Waals surface area contributed by atoms with Gasteiger partial charge in [0.15, 0.2) is 11.5 Å². The Balaban J connectivity index is 1.65. The summed E-state index contributed by atoms with van der Waals surface area (Å²) in [7, 11) is -4.16. The van der Waals surface area contributed by atoms with Crippen molar-refractivity contribution in [2.24, 2.45) is 0 Å². The van der Waals surface area contributed by atoms with Gasteiger partial charge in [0.2, 0.25) is 6.79 Å². The Hall–Kier alpha value is -2.76. The fourth-order valence-corrected chi connectivity index (χ4v) is 5.74. The SMILES string of the molecule is Cc1noc(NS(=O)(=O)c2ccsc2C(Cc2ccc3c(c2)OCO3)C(=O)O)c1Cl. The number of halogens is 1. The Labute approximate surface area is 180 Å². The van der Waals surface area contributed by atoms with E-state index in [0.717, 1.165) is 11.3 Å². The molecule has 0 spiro atoms. The van der Waals surface area contributed by atoms with Gasteiger partial charge in [0.1, 0.15) is 15.6 Å². The Morgan fingerprint density at radius 3 is 2.80 bits per heavy atom. The van der Waals surface area contributed by atoms with Crippen LogP contribution in [0, 0.1) is 6.92 Å². The highest BCUT2D eigenvalue weighted by molar-refractivity contribution is 7.93. The maximum Gasteiger partial charge on any atom is 0.312 e. The molecular weight excluding hydrogens is 456 g/mol. The Bertz CT molecular complexity index is 1220. The molecule has 2 aromatic heterocycles. The number of carboxylic acids is 1. The number of benzene rings is 1. The zero-order valence-electron chi connectivity index (χ0n) is 15.4. The normalized spacial score (nSPS) is 13.9. The van der Waals surface area contributed by atoms with E-state index in [4.69, 9.17) is 25.6 Å². The lowest BCUT2D eigenvalue weighted by molar-refractivity contribution is -0.138. The predicted molar refractivity (Wildman–Crippen MR) is 108 cm³/mol. The number of fused-ring (bicyclic) bond motifs is 1. The molecule has 158 valence electrons. The summed E-state index contributed by atoms with van der Waals surface area (Å²) in [5.74, 6) is -1.38. The van der Waals surface area contributed by atoms with Gasteiger partial charge in [0, 0.05) is 4.88 Å². The van der Waals surface area contributed by atoms with E-state index in [2.05, 4.69) is 9.88 Å². The summed E-state index contributed by atoms with van der Waals surface area (Å²) >= 11 is 7.03. The number of carbonyl (C=O) groups is 1. The number of aromatic nitrogens is 1. The Morgan fingerprint density at radius 2 is 2.10 bits per heavy atom. The number of carboxylic acid groups (broad SMARTS) is 1. The van der Waals surface area contributed by atoms with Crippen molar-refractivity contribution >= 4 is 44.8 Å². The average molecular weight is 471 g/mol. The molecule has 0 aliphatic carbocycles. The molecule has 9 nitrogen and oxygen atoms in total. The number of hydrogen-bond donors (Lipinski definition) is 2. The van der Waals surface area contributed by atoms with Crippen molar-refractivity contribution < 1.29 is 32.3 Å². The van der Waals surface area contributed by atoms with Crippen molar-refractivity contribution in [3.8, 4) is 11.5 Å². The van der Waals surface area contributed by atoms with Crippen molar-refractivity contribution in [3.63, 3.8) is 0 Å². The van der Waals surface area contributed by atoms with Crippen LogP contribution in [0.15, 0.2) is 39.1 Å². The molecule has 0 amide bonds. The van der Waals surface area contributed by atoms with E-state index in [1.165, 1.54) is 11.4 Å². The van der Waals surface area contributed by atoms with Gasteiger partial charge in [-0.2, -0.15) is 0 Å². The third-order valence-electron chi connectivity index (χ3n) is 4.46. The number of ether oxygens (including phenoxy) is 2. The first-order chi connectivity index (χ1) is 14.3. The van der Waals surface area contributed by atoms with Crippen LogP contribution >= 0.6 is 22.9 Å². The third-order valence-corrected chi connectivity index (χ3v) is 7.45. The molecule has 0 bridgehead atoms. The lowest BCUT2D eigenvalue weighted by Gasteiger charge is -2.14. The molecule has 30 heavy (non-hydrogen) atoms. The number of sulfonamides is 1. The van der Waals surface area contributed by atoms with Crippen molar-refractivity contribution in [2.45, 2.75) is 24.2 Å². The minimum Gasteiger partial charge on any atom is -0.481 e. The summed E-state index contributed by atoms with van der Waals surface area (Å²) in [4.78, 5) is 12.0. The van der Waals surface area contributed by atoms with Crippen LogP contribution in [0.1, 0.15) is 22.1 Å². The third kappa shape index (κ3) is 3.83. The van der Waals surface area contributed by atoms with E-state index in [-0.39, 0.29) is 33.9 Å². The zero-order chi connectivity index (χ0) is 21.5. The lowest BCUT2D eigenvalue weighted by atomic mass is 9.97. The van der Waals surface area contributed by atoms with Crippen molar-refractivity contribution in [2.75, 3.05) is 11.5 Å². The highest BCUT2D eigenvalue weighted by Crippen LogP contribution is 2.37. The number of nitrogens with zero attached hydrogens (tertiary/aromatic N) is 1. The number of anilines is 1. The maximum atomic E-state index is 12.9. The smallest absolute Gasteiger partial charge is 0.312 e. The molecule has 0 saturated heterocycles. The van der Waals surface area contributed by atoms with Crippen LogP contribution in [0.5, 0.6) is 11.5 Å². The van der Waals surface area contributed by atoms with E-state index in [9.17, 15) is 18.3 Å². The Kier molecular flexibility index (Phi) is 5.35. The molecule has 3 heterocycles. The van der Waals surface area contributed by atoms with Gasteiger partial charge in [-0.25, -0.2) is 13.1 Å². The van der Waals surface area contributed by atoms with E-state index in [1.54, 1.807) is 25.1 Å². The highest BCUT2D eigenvalue weighted by Gasteiger charge is 2.31. The molecular formula is C18H15ClN2O7S2. The number of hydrogen-bond acceptors (Lipinski definition) is 8. The van der Waals surface area contributed by atoms with E-state index in [0.29, 0.717) is 22.8 Å². The topological polar surface area (TPSA) is 128 Å². The van der Waals surface area contributed by atoms with Crippen LogP contribution in [0.3, 0.4) is 0 Å². The van der Waals surface area contributed by atoms with Gasteiger partial charge in [0.05, 0.1) is 5.92 Å². The van der Waals surface area contributed by atoms with Crippen molar-refractivity contribution in [3.05, 3.63) is 50.8 Å². The van der Waals surface area contributed by atoms with Gasteiger partial charge < -0.3 is 19.1 Å². The summed E-state index contributed by atoms with van der Waals surface area (Å²) in [5.41, 5.74) is 0.997. The molecule has 2 N–H and O–H groups in total. The van der Waals surface area contributed by atoms with Gasteiger partial charge in [0.25, 0.3) is 15.9 Å². The van der Waals surface area contributed by atoms with Gasteiger partial charge in [-0.3, -0.25) is 4.79 Å². The molecule has 0 radical (unpaired) electrons. The molecule has 1 aliphatic heterocycles. The fourth-order valence-electron chi connectivity index (χ4n) is 2.98. The van der Waals surface area contributed by atoms with E-state index >= 15 is 0 Å². The standard InChI is InChI=1S/C18H15ClN2O7S2/c1-9-15(19)17(28-20-9)21-30(24,25)14-4-5-29-16(14)11(18(22)23)6-10-2-3-12-13(7-10)27-8-26-12/h2-5,7,11,21H,6,8H2,1H3,(H,22,23). The molecule has 1 unspecified atom stereocenters. The minimum atomic E-state index is -4.16. The average Bonchev–Trinajstić information content (AvgIpc) is 3.42. The van der Waals surface area contributed by atoms with E-state index in [1.807, 2.05) is 0 Å². The van der Waals surface area contributed by atoms with Crippen LogP contribution < -0.4 is 14.2 Å². The number of rotatable bonds is 7. The van der Waals surface area contributed by atoms with Gasteiger partial charge in [-0.1, -0.05) is 22.8 Å². The summed E-state index contributed by atoms with van der Waals surface area (Å²) in [6.07, 6.45) is 0.0666. The predicted octanol–water partition coefficient (Wildman–Crippen LogP) is 3.64. The van der Waals surface area contributed by atoms with E-state index < -0.39 is 21.9 Å². The molecule has 3 aromatic rings. The summed E-state index contributed by atoms with van der Waals surface area (Å²) in [6, 6.07) is 6.45. The van der Waals surface area contributed by atoms with Crippen LogP contribution in [-0.4, -0.2) is 31.4 Å². The first kappa shape index (κ1) is 20.5. The first-order valence-electron chi connectivity index (χ1n) is 8.59. The molecule has 0 fully saturated rings. The fraction of sp³-hybridized carbons (Fsp3) is 0.222. The zero-order valence-corrected chi connectivity index (χ0v) is 17.8. The first-order valence-corrected chi connectivity index (χ1v) is 11.3. The minimum absolute atomic E-state index is 0.0329. The van der Waals surface area contributed by atoms with Gasteiger partial charge >= 0.3 is 5.97 Å². The molecule has 4 rings (SSSR count). The van der Waals surface area contributed by atoms with Crippen LogP contribution in [0.2, 0.25) is 5.02 Å². The molecule has 0 saturated carbocycles. The van der Waals surface area contributed by atoms with Gasteiger partial charge in [-0.15, -0.1) is 11.3 Å². The quantitative estimate of drug-likeness (QED) is 0.535. The summed E-state index contributed by atoms with van der Waals surface area (Å²) in [5, 5.41) is 15.0. The second-order valence-corrected chi connectivity index (χ2v) is 9.42. The molecule has 1 atom stereocenters. The second kappa shape index (κ2) is 7.82. The number of aryl methyl sites for hydroxylation is 1. The van der Waals surface area contributed by atoms with Crippen molar-refractivity contribution in [1.29, 1.82) is 0 Å². The largest absolute Gasteiger partial charge is 0.481 e. The molecule has 12 heteroatoms. The van der Waals surface area contributed by atoms with Crippen LogP contribution in [-0.2, 0) is 21.2 Å². The molecule has 1 aliphatic rings. The van der Waals surface area contributed by atoms with Crippen LogP contribution in [0.4, 0.5) is 5.88 Å². The highest BCUT2D eigenvalue weighted by atomic mass is 35.5. The molecule has 1 aromatic carbocycles. The van der Waals surface area contributed by atoms with Crippen molar-refractivity contribution in [1.82, 2.24) is 5.16 Å².